The van der Waals surface area contributed by atoms with E-state index in [2.05, 4.69) is 27.3 Å². The van der Waals surface area contributed by atoms with Crippen LogP contribution in [0.5, 0.6) is 5.75 Å². The lowest BCUT2D eigenvalue weighted by molar-refractivity contribution is -0.137. The fourth-order valence-corrected chi connectivity index (χ4v) is 3.18. The van der Waals surface area contributed by atoms with Gasteiger partial charge in [0, 0.05) is 6.20 Å². The molecule has 0 radical (unpaired) electrons. The van der Waals surface area contributed by atoms with E-state index >= 15 is 0 Å². The lowest BCUT2D eigenvalue weighted by atomic mass is 9.88. The summed E-state index contributed by atoms with van der Waals surface area (Å²) in [7, 11) is 1.50. The molecule has 0 unspecified atom stereocenters. The van der Waals surface area contributed by atoms with Crippen LogP contribution < -0.4 is 15.8 Å². The molecule has 0 aliphatic heterocycles. The van der Waals surface area contributed by atoms with E-state index in [0.717, 1.165) is 25.2 Å². The smallest absolute Gasteiger partial charge is 0.421 e. The molecule has 4 rings (SSSR count). The van der Waals surface area contributed by atoms with Gasteiger partial charge in [-0.1, -0.05) is 26.2 Å². The summed E-state index contributed by atoms with van der Waals surface area (Å²) in [5, 5.41) is 7.33. The number of hydrogen-bond acceptors (Lipinski definition) is 6. The minimum absolute atomic E-state index is 0.0423. The fraction of sp³-hybridized carbons (Fsp3) is 0.632. The van der Waals surface area contributed by atoms with Gasteiger partial charge in [0.25, 0.3) is 0 Å². The minimum Gasteiger partial charge on any atom is -0.491 e. The number of aromatic nitrogens is 4. The first kappa shape index (κ1) is 21.2. The van der Waals surface area contributed by atoms with Gasteiger partial charge in [-0.3, -0.25) is 0 Å². The summed E-state index contributed by atoms with van der Waals surface area (Å²) in [4.78, 5) is 7.41. The summed E-state index contributed by atoms with van der Waals surface area (Å²) in [5.41, 5.74) is 5.01. The zero-order valence-electron chi connectivity index (χ0n) is 16.9. The number of rotatable bonds is 4. The summed E-state index contributed by atoms with van der Waals surface area (Å²) in [6.07, 6.45) is 3.60. The third kappa shape index (κ3) is 4.73. The first-order chi connectivity index (χ1) is 13.7. The maximum Gasteiger partial charge on any atom is 0.421 e. The number of nitrogens with two attached hydrogens (primary N) is 1. The van der Waals surface area contributed by atoms with Gasteiger partial charge < -0.3 is 15.8 Å². The zero-order chi connectivity index (χ0) is 21.2. The topological polar surface area (TPSA) is 90.9 Å². The number of anilines is 3. The Morgan fingerprint density at radius 3 is 2.24 bits per heavy atom. The molecule has 29 heavy (non-hydrogen) atoms. The van der Waals surface area contributed by atoms with Crippen LogP contribution in [0.4, 0.5) is 30.8 Å². The van der Waals surface area contributed by atoms with Crippen LogP contribution in [0.2, 0.25) is 0 Å². The third-order valence-corrected chi connectivity index (χ3v) is 5.40. The Morgan fingerprint density at radius 2 is 1.83 bits per heavy atom. The van der Waals surface area contributed by atoms with Crippen molar-refractivity contribution >= 4 is 17.6 Å². The van der Waals surface area contributed by atoms with Crippen molar-refractivity contribution in [3.05, 3.63) is 17.5 Å². The van der Waals surface area contributed by atoms with E-state index in [1.807, 2.05) is 0 Å². The van der Waals surface area contributed by atoms with E-state index in [4.69, 9.17) is 10.5 Å². The van der Waals surface area contributed by atoms with E-state index in [-0.39, 0.29) is 12.0 Å². The second kappa shape index (κ2) is 8.46. The predicted octanol–water partition coefficient (Wildman–Crippen LogP) is 4.87. The van der Waals surface area contributed by atoms with Crippen LogP contribution in [0, 0.1) is 12.8 Å². The minimum atomic E-state index is -4.59. The van der Waals surface area contributed by atoms with Crippen molar-refractivity contribution < 1.29 is 17.9 Å². The van der Waals surface area contributed by atoms with Crippen LogP contribution in [0.25, 0.3) is 0 Å². The molecule has 2 saturated carbocycles. The normalized spacial score (nSPS) is 17.0. The molecule has 2 fully saturated rings. The molecule has 0 spiro atoms. The number of aryl methyl sites for hydroxylation is 1. The van der Waals surface area contributed by atoms with Gasteiger partial charge in [0.15, 0.2) is 11.6 Å². The van der Waals surface area contributed by atoms with E-state index in [1.54, 1.807) is 11.6 Å². The molecule has 10 heteroatoms. The van der Waals surface area contributed by atoms with Crippen molar-refractivity contribution in [1.82, 2.24) is 19.7 Å². The van der Waals surface area contributed by atoms with Crippen LogP contribution in [-0.2, 0) is 6.18 Å². The zero-order valence-corrected chi connectivity index (χ0v) is 16.9. The third-order valence-electron chi connectivity index (χ3n) is 5.40. The molecule has 2 aromatic rings. The maximum absolute atomic E-state index is 12.7. The van der Waals surface area contributed by atoms with Gasteiger partial charge in [-0.15, -0.1) is 0 Å². The molecule has 2 aliphatic rings. The molecule has 2 aliphatic carbocycles. The number of ether oxygens (including phenoxy) is 1. The van der Waals surface area contributed by atoms with Gasteiger partial charge in [0.05, 0.1) is 13.2 Å². The Morgan fingerprint density at radius 1 is 1.21 bits per heavy atom. The number of nitrogens with one attached hydrogen (secondary N) is 1. The molecule has 0 saturated heterocycles. The Bertz CT molecular complexity index is 843. The number of nitrogen functional groups attached to an aromatic ring is 1. The molecule has 0 amide bonds. The average Bonchev–Trinajstić information content (AvgIpc) is 2.86. The van der Waals surface area contributed by atoms with Gasteiger partial charge in [-0.25, -0.2) is 9.67 Å². The second-order valence-electron chi connectivity index (χ2n) is 7.65. The molecular weight excluding hydrogens is 385 g/mol. The Labute approximate surface area is 167 Å². The highest BCUT2D eigenvalue weighted by atomic mass is 19.4. The molecule has 2 aromatic heterocycles. The van der Waals surface area contributed by atoms with Crippen molar-refractivity contribution in [3.8, 4) is 5.75 Å². The van der Waals surface area contributed by atoms with Gasteiger partial charge in [0.1, 0.15) is 17.1 Å². The largest absolute Gasteiger partial charge is 0.491 e. The molecule has 7 nitrogen and oxygen atoms in total. The number of nitrogens with zero attached hydrogens (tertiary/aromatic N) is 4. The van der Waals surface area contributed by atoms with Crippen molar-refractivity contribution in [2.75, 3.05) is 18.2 Å². The average molecular weight is 412 g/mol. The lowest BCUT2D eigenvalue weighted by Gasteiger charge is -2.27. The molecule has 3 N–H and O–H groups in total. The van der Waals surface area contributed by atoms with E-state index in [9.17, 15) is 13.2 Å². The molecule has 0 bridgehead atoms. The van der Waals surface area contributed by atoms with Gasteiger partial charge >= 0.3 is 6.18 Å². The SMILES string of the molecule is CC1CCC1.COc1c(C)nn(C2CCC2)c1Nc1ncc(C(F)(F)F)c(N)n1. The van der Waals surface area contributed by atoms with E-state index in [0.29, 0.717) is 23.5 Å². The van der Waals surface area contributed by atoms with Gasteiger partial charge in [-0.2, -0.15) is 23.3 Å². The summed E-state index contributed by atoms with van der Waals surface area (Å²) < 4.78 is 45.3. The molecule has 0 atom stereocenters. The van der Waals surface area contributed by atoms with E-state index < -0.39 is 17.6 Å². The molecule has 2 heterocycles. The molecule has 0 aromatic carbocycles. The highest BCUT2D eigenvalue weighted by molar-refractivity contribution is 5.61. The summed E-state index contributed by atoms with van der Waals surface area (Å²) in [6, 6.07) is 0.224. The quantitative estimate of drug-likeness (QED) is 0.745. The lowest BCUT2D eigenvalue weighted by Crippen LogP contribution is -2.20. The van der Waals surface area contributed by atoms with Crippen LogP contribution in [0.15, 0.2) is 6.20 Å². The van der Waals surface area contributed by atoms with Gasteiger partial charge in [-0.05, 0) is 32.1 Å². The standard InChI is InChI=1S/C14H17F3N6O.C5H10/c1-7-10(24-2)12(23(22-7)8-4-3-5-8)21-13-19-6-9(11(18)20-13)14(15,16)17;1-5-3-2-4-5/h6,8H,3-5H2,1-2H3,(H3,18,19,20,21);5H,2-4H2,1H3. The van der Waals surface area contributed by atoms with Crippen LogP contribution in [0.3, 0.4) is 0 Å². The number of hydrogen-bond donors (Lipinski definition) is 2. The predicted molar refractivity (Wildman–Crippen MR) is 104 cm³/mol. The Kier molecular flexibility index (Phi) is 6.18. The summed E-state index contributed by atoms with van der Waals surface area (Å²) in [6.45, 7) is 4.10. The van der Waals surface area contributed by atoms with Crippen LogP contribution in [-0.4, -0.2) is 26.9 Å². The molecular formula is C19H27F3N6O. The summed E-state index contributed by atoms with van der Waals surface area (Å²) >= 11 is 0. The van der Waals surface area contributed by atoms with Crippen molar-refractivity contribution in [3.63, 3.8) is 0 Å². The highest BCUT2D eigenvalue weighted by Gasteiger charge is 2.34. The number of alkyl halides is 3. The van der Waals surface area contributed by atoms with Crippen LogP contribution >= 0.6 is 0 Å². The fourth-order valence-electron chi connectivity index (χ4n) is 3.18. The Hall–Kier alpha value is -2.52. The van der Waals surface area contributed by atoms with Gasteiger partial charge in [0.2, 0.25) is 5.95 Å². The number of halogens is 3. The Balaban J connectivity index is 0.000000419. The van der Waals surface area contributed by atoms with Crippen LogP contribution in [0.1, 0.15) is 62.7 Å². The van der Waals surface area contributed by atoms with Crippen molar-refractivity contribution in [2.24, 2.45) is 5.92 Å². The summed E-state index contributed by atoms with van der Waals surface area (Å²) in [5.74, 6) is 1.41. The van der Waals surface area contributed by atoms with E-state index in [1.165, 1.54) is 26.4 Å². The second-order valence-corrected chi connectivity index (χ2v) is 7.65. The maximum atomic E-state index is 12.7. The van der Waals surface area contributed by atoms with Crippen molar-refractivity contribution in [2.45, 2.75) is 64.6 Å². The monoisotopic (exact) mass is 412 g/mol. The first-order valence-corrected chi connectivity index (χ1v) is 9.80. The first-order valence-electron chi connectivity index (χ1n) is 9.80. The molecule has 160 valence electrons. The van der Waals surface area contributed by atoms with Crippen molar-refractivity contribution in [1.29, 1.82) is 0 Å². The highest BCUT2D eigenvalue weighted by Crippen LogP contribution is 2.40. The number of methoxy groups -OCH3 is 1.